The summed E-state index contributed by atoms with van der Waals surface area (Å²) in [6.07, 6.45) is 0. The maximum Gasteiger partial charge on any atom is 0.102 e. The summed E-state index contributed by atoms with van der Waals surface area (Å²) in [5, 5.41) is 11.1. The van der Waals surface area contributed by atoms with Gasteiger partial charge in [0.15, 0.2) is 0 Å². The molecule has 3 aromatic carbocycles. The number of rotatable bonds is 3. The molecule has 0 aliphatic heterocycles. The molecule has 0 saturated heterocycles. The van der Waals surface area contributed by atoms with Crippen LogP contribution in [0.5, 0.6) is 0 Å². The summed E-state index contributed by atoms with van der Waals surface area (Å²) < 4.78 is 0. The molecule has 27 heavy (non-hydrogen) atoms. The van der Waals surface area contributed by atoms with Crippen LogP contribution in [0.15, 0.2) is 78.9 Å². The number of nitrogens with one attached hydrogen (secondary N) is 1. The Morgan fingerprint density at radius 2 is 1.37 bits per heavy atom. The quantitative estimate of drug-likeness (QED) is 0.396. The van der Waals surface area contributed by atoms with Crippen LogP contribution in [0.25, 0.3) is 33.6 Å². The van der Waals surface area contributed by atoms with Gasteiger partial charge < -0.3 is 4.98 Å². The molecule has 4 aromatic rings. The Balaban J connectivity index is 2.06. The molecule has 0 unspecified atom stereocenters. The fourth-order valence-corrected chi connectivity index (χ4v) is 3.72. The van der Waals surface area contributed by atoms with Crippen molar-refractivity contribution in [2.45, 2.75) is 0 Å². The molecule has 0 aliphatic carbocycles. The third-order valence-electron chi connectivity index (χ3n) is 4.44. The Labute approximate surface area is 167 Å². The van der Waals surface area contributed by atoms with Crippen molar-refractivity contribution in [3.63, 3.8) is 0 Å². The van der Waals surface area contributed by atoms with Crippen LogP contribution in [-0.4, -0.2) is 4.98 Å². The molecule has 130 valence electrons. The van der Waals surface area contributed by atoms with Gasteiger partial charge in [-0.15, -0.1) is 0 Å². The van der Waals surface area contributed by atoms with Crippen LogP contribution in [0.4, 0.5) is 0 Å². The summed E-state index contributed by atoms with van der Waals surface area (Å²) in [7, 11) is 0. The highest BCUT2D eigenvalue weighted by Crippen LogP contribution is 2.42. The van der Waals surface area contributed by atoms with Crippen molar-refractivity contribution in [3.8, 4) is 39.7 Å². The first-order valence-electron chi connectivity index (χ1n) is 8.41. The maximum atomic E-state index is 9.97. The molecule has 0 saturated carbocycles. The van der Waals surface area contributed by atoms with E-state index in [9.17, 15) is 5.26 Å². The Bertz CT molecular complexity index is 1140. The Morgan fingerprint density at radius 3 is 1.96 bits per heavy atom. The summed E-state index contributed by atoms with van der Waals surface area (Å²) in [6, 6.07) is 27.4. The highest BCUT2D eigenvalue weighted by molar-refractivity contribution is 6.36. The fourth-order valence-electron chi connectivity index (χ4n) is 3.22. The molecule has 0 amide bonds. The average molecular weight is 389 g/mol. The van der Waals surface area contributed by atoms with E-state index in [1.807, 2.05) is 66.7 Å². The Hall–Kier alpha value is -2.99. The lowest BCUT2D eigenvalue weighted by molar-refractivity contribution is 1.38. The summed E-state index contributed by atoms with van der Waals surface area (Å²) in [5.74, 6) is 0. The van der Waals surface area contributed by atoms with E-state index in [1.165, 1.54) is 0 Å². The zero-order valence-electron chi connectivity index (χ0n) is 14.2. The van der Waals surface area contributed by atoms with Crippen molar-refractivity contribution < 1.29 is 0 Å². The van der Waals surface area contributed by atoms with E-state index < -0.39 is 0 Å². The summed E-state index contributed by atoms with van der Waals surface area (Å²) >= 11 is 12.6. The number of nitrogens with zero attached hydrogens (tertiary/aromatic N) is 1. The number of hydrogen-bond donors (Lipinski definition) is 1. The molecule has 4 heteroatoms. The van der Waals surface area contributed by atoms with Gasteiger partial charge in [-0.25, -0.2) is 0 Å². The molecule has 4 rings (SSSR count). The van der Waals surface area contributed by atoms with Gasteiger partial charge in [0, 0.05) is 16.1 Å². The number of aromatic amines is 1. The van der Waals surface area contributed by atoms with Gasteiger partial charge >= 0.3 is 0 Å². The van der Waals surface area contributed by atoms with E-state index >= 15 is 0 Å². The minimum Gasteiger partial charge on any atom is -0.353 e. The summed E-state index contributed by atoms with van der Waals surface area (Å²) in [4.78, 5) is 3.44. The van der Waals surface area contributed by atoms with E-state index in [4.69, 9.17) is 23.2 Å². The van der Waals surface area contributed by atoms with E-state index in [0.29, 0.717) is 15.6 Å². The molecule has 0 spiro atoms. The van der Waals surface area contributed by atoms with Crippen molar-refractivity contribution in [2.24, 2.45) is 0 Å². The molecule has 0 aliphatic rings. The van der Waals surface area contributed by atoms with E-state index in [-0.39, 0.29) is 0 Å². The highest BCUT2D eigenvalue weighted by atomic mass is 35.5. The van der Waals surface area contributed by atoms with Gasteiger partial charge in [-0.1, -0.05) is 83.9 Å². The fraction of sp³-hybridized carbons (Fsp3) is 0. The third kappa shape index (κ3) is 3.24. The zero-order chi connectivity index (χ0) is 18.8. The summed E-state index contributed by atoms with van der Waals surface area (Å²) in [6.45, 7) is 0. The van der Waals surface area contributed by atoms with Gasteiger partial charge in [-0.3, -0.25) is 0 Å². The second kappa shape index (κ2) is 7.32. The topological polar surface area (TPSA) is 39.6 Å². The number of benzene rings is 3. The molecule has 0 radical (unpaired) electrons. The van der Waals surface area contributed by atoms with Crippen LogP contribution >= 0.6 is 23.2 Å². The minimum atomic E-state index is 0.532. The van der Waals surface area contributed by atoms with E-state index in [1.54, 1.807) is 12.1 Å². The monoisotopic (exact) mass is 388 g/mol. The Morgan fingerprint density at radius 1 is 0.741 bits per heavy atom. The molecule has 1 aromatic heterocycles. The predicted octanol–water partition coefficient (Wildman–Crippen LogP) is 7.19. The van der Waals surface area contributed by atoms with E-state index in [0.717, 1.165) is 33.6 Å². The molecular weight excluding hydrogens is 375 g/mol. The molecular formula is C23H14Cl2N2. The minimum absolute atomic E-state index is 0.532. The van der Waals surface area contributed by atoms with Crippen LogP contribution in [0.2, 0.25) is 10.0 Å². The molecule has 1 heterocycles. The standard InChI is InChI=1S/C23H14Cl2N2/c24-17-11-12-18(20(25)13-17)23-21(15-7-3-1-4-8-15)19(14-26)22(27-23)16-9-5-2-6-10-16/h1-13,27H. The van der Waals surface area contributed by atoms with Gasteiger partial charge in [0.05, 0.1) is 22.0 Å². The van der Waals surface area contributed by atoms with Gasteiger partial charge in [-0.2, -0.15) is 5.26 Å². The first-order chi connectivity index (χ1) is 13.2. The van der Waals surface area contributed by atoms with Crippen LogP contribution in [0, 0.1) is 11.3 Å². The SMILES string of the molecule is N#Cc1c(-c2ccccc2)[nH]c(-c2ccc(Cl)cc2Cl)c1-c1ccccc1. The smallest absolute Gasteiger partial charge is 0.102 e. The van der Waals surface area contributed by atoms with Crippen LogP contribution in [0.3, 0.4) is 0 Å². The molecule has 0 fully saturated rings. The summed E-state index contributed by atoms with van der Waals surface area (Å²) in [5.41, 5.74) is 5.71. The maximum absolute atomic E-state index is 9.97. The zero-order valence-corrected chi connectivity index (χ0v) is 15.7. The normalized spacial score (nSPS) is 10.6. The number of aromatic nitrogens is 1. The van der Waals surface area contributed by atoms with Gasteiger partial charge in [0.1, 0.15) is 6.07 Å². The number of nitriles is 1. The molecule has 0 atom stereocenters. The number of hydrogen-bond acceptors (Lipinski definition) is 1. The largest absolute Gasteiger partial charge is 0.353 e. The van der Waals surface area contributed by atoms with Crippen LogP contribution in [0.1, 0.15) is 5.56 Å². The van der Waals surface area contributed by atoms with Gasteiger partial charge in [0.2, 0.25) is 0 Å². The van der Waals surface area contributed by atoms with E-state index in [2.05, 4.69) is 11.1 Å². The van der Waals surface area contributed by atoms with Crippen molar-refractivity contribution in [1.29, 1.82) is 5.26 Å². The lowest BCUT2D eigenvalue weighted by atomic mass is 9.96. The lowest BCUT2D eigenvalue weighted by Gasteiger charge is -2.07. The molecule has 0 bridgehead atoms. The Kier molecular flexibility index (Phi) is 4.73. The van der Waals surface area contributed by atoms with Crippen molar-refractivity contribution in [2.75, 3.05) is 0 Å². The lowest BCUT2D eigenvalue weighted by Crippen LogP contribution is -1.85. The highest BCUT2D eigenvalue weighted by Gasteiger charge is 2.22. The second-order valence-electron chi connectivity index (χ2n) is 6.09. The molecule has 2 nitrogen and oxygen atoms in total. The predicted molar refractivity (Wildman–Crippen MR) is 112 cm³/mol. The van der Waals surface area contributed by atoms with Crippen molar-refractivity contribution in [1.82, 2.24) is 4.98 Å². The second-order valence-corrected chi connectivity index (χ2v) is 6.94. The van der Waals surface area contributed by atoms with Crippen molar-refractivity contribution >= 4 is 23.2 Å². The van der Waals surface area contributed by atoms with Gasteiger partial charge in [0.25, 0.3) is 0 Å². The number of H-pyrrole nitrogens is 1. The van der Waals surface area contributed by atoms with Crippen LogP contribution < -0.4 is 0 Å². The van der Waals surface area contributed by atoms with Gasteiger partial charge in [-0.05, 0) is 29.3 Å². The average Bonchev–Trinajstić information content (AvgIpc) is 3.08. The van der Waals surface area contributed by atoms with Crippen molar-refractivity contribution in [3.05, 3.63) is 94.5 Å². The first-order valence-corrected chi connectivity index (χ1v) is 9.17. The van der Waals surface area contributed by atoms with Crippen LogP contribution in [-0.2, 0) is 0 Å². The molecule has 1 N–H and O–H groups in total. The first kappa shape index (κ1) is 17.4. The number of halogens is 2. The third-order valence-corrected chi connectivity index (χ3v) is 4.99.